The van der Waals surface area contributed by atoms with Crippen LogP contribution in [0.5, 0.6) is 5.75 Å². The average Bonchev–Trinajstić information content (AvgIpc) is 3.50. The highest BCUT2D eigenvalue weighted by atomic mass is 32.2. The molecular formula is C24H30N4O4S. The van der Waals surface area contributed by atoms with Crippen molar-refractivity contribution in [3.8, 4) is 5.75 Å². The first-order valence-corrected chi connectivity index (χ1v) is 13.2. The lowest BCUT2D eigenvalue weighted by molar-refractivity contribution is 0.172. The van der Waals surface area contributed by atoms with Crippen molar-refractivity contribution in [3.63, 3.8) is 0 Å². The van der Waals surface area contributed by atoms with Gasteiger partial charge in [-0.15, -0.1) is 0 Å². The van der Waals surface area contributed by atoms with Crippen LogP contribution in [0.1, 0.15) is 55.4 Å². The normalized spacial score (nSPS) is 17.6. The van der Waals surface area contributed by atoms with E-state index in [4.69, 9.17) is 4.74 Å². The summed E-state index contributed by atoms with van der Waals surface area (Å²) in [5.74, 6) is 1.39. The van der Waals surface area contributed by atoms with Gasteiger partial charge in [0, 0.05) is 41.8 Å². The number of rotatable bonds is 11. The molecule has 2 aromatic carbocycles. The van der Waals surface area contributed by atoms with Crippen LogP contribution in [0.3, 0.4) is 0 Å². The number of aliphatic hydroxyl groups is 1. The molecule has 0 spiro atoms. The number of nitrogens with zero attached hydrogens (tertiary/aromatic N) is 1. The lowest BCUT2D eigenvalue weighted by atomic mass is 10.0. The summed E-state index contributed by atoms with van der Waals surface area (Å²) in [6.07, 6.45) is 4.08. The first-order chi connectivity index (χ1) is 16.0. The largest absolute Gasteiger partial charge is 0.492 e. The van der Waals surface area contributed by atoms with E-state index in [1.807, 2.05) is 12.1 Å². The SMILES string of the molecule is O=S(=O)(Nc1cccc([C@@H](O)CNCCOc2ccc3c(C4CC4)[nH]nc3c2)c1)C1CCC1. The fraction of sp³-hybridized carbons (Fsp3) is 0.458. The summed E-state index contributed by atoms with van der Waals surface area (Å²) in [7, 11) is -3.35. The van der Waals surface area contributed by atoms with Gasteiger partial charge < -0.3 is 15.2 Å². The van der Waals surface area contributed by atoms with Crippen LogP contribution in [0, 0.1) is 0 Å². The molecule has 3 aromatic rings. The molecule has 1 atom stereocenters. The van der Waals surface area contributed by atoms with E-state index in [1.54, 1.807) is 24.3 Å². The van der Waals surface area contributed by atoms with Crippen molar-refractivity contribution in [1.29, 1.82) is 0 Å². The van der Waals surface area contributed by atoms with Crippen LogP contribution < -0.4 is 14.8 Å². The Morgan fingerprint density at radius 1 is 1.15 bits per heavy atom. The van der Waals surface area contributed by atoms with Crippen molar-refractivity contribution in [2.24, 2.45) is 0 Å². The zero-order valence-corrected chi connectivity index (χ0v) is 19.3. The minimum absolute atomic E-state index is 0.304. The number of anilines is 1. The summed E-state index contributed by atoms with van der Waals surface area (Å²) in [4.78, 5) is 0. The average molecular weight is 471 g/mol. The number of nitrogens with one attached hydrogen (secondary N) is 3. The van der Waals surface area contributed by atoms with Crippen LogP contribution in [0.15, 0.2) is 42.5 Å². The van der Waals surface area contributed by atoms with Gasteiger partial charge in [0.25, 0.3) is 0 Å². The van der Waals surface area contributed by atoms with Gasteiger partial charge in [-0.3, -0.25) is 9.82 Å². The molecule has 0 aliphatic heterocycles. The Labute approximate surface area is 193 Å². The predicted octanol–water partition coefficient (Wildman–Crippen LogP) is 3.44. The van der Waals surface area contributed by atoms with E-state index >= 15 is 0 Å². The molecule has 5 rings (SSSR count). The van der Waals surface area contributed by atoms with Gasteiger partial charge in [0.15, 0.2) is 0 Å². The standard InChI is InChI=1S/C24H30N4O4S/c29-23(17-3-1-4-18(13-17)28-33(30,31)20-5-2-6-20)15-25-11-12-32-19-9-10-21-22(14-19)26-27-24(21)16-7-8-16/h1,3-4,9-10,13-14,16,20,23,25,28-29H,2,5-8,11-12,15H2,(H,26,27)/t23-/m0/s1. The first kappa shape index (κ1) is 22.2. The van der Waals surface area contributed by atoms with Crippen molar-refractivity contribution in [2.45, 2.75) is 49.4 Å². The molecular weight excluding hydrogens is 440 g/mol. The Hall–Kier alpha value is -2.62. The Balaban J connectivity index is 1.08. The number of hydrogen-bond acceptors (Lipinski definition) is 6. The van der Waals surface area contributed by atoms with E-state index in [2.05, 4.69) is 26.3 Å². The first-order valence-electron chi connectivity index (χ1n) is 11.6. The maximum Gasteiger partial charge on any atom is 0.235 e. The number of H-pyrrole nitrogens is 1. The molecule has 8 nitrogen and oxygen atoms in total. The van der Waals surface area contributed by atoms with E-state index in [-0.39, 0.29) is 5.25 Å². The zero-order chi connectivity index (χ0) is 22.8. The number of hydrogen-bond donors (Lipinski definition) is 4. The highest BCUT2D eigenvalue weighted by molar-refractivity contribution is 7.93. The van der Waals surface area contributed by atoms with Crippen molar-refractivity contribution in [2.75, 3.05) is 24.4 Å². The van der Waals surface area contributed by atoms with Gasteiger partial charge in [-0.1, -0.05) is 18.6 Å². The van der Waals surface area contributed by atoms with Gasteiger partial charge >= 0.3 is 0 Å². The fourth-order valence-electron chi connectivity index (χ4n) is 4.12. The molecule has 33 heavy (non-hydrogen) atoms. The molecule has 4 N–H and O–H groups in total. The Bertz CT molecular complexity index is 1220. The summed E-state index contributed by atoms with van der Waals surface area (Å²) >= 11 is 0. The lowest BCUT2D eigenvalue weighted by Crippen LogP contribution is -2.33. The Morgan fingerprint density at radius 2 is 2.00 bits per heavy atom. The number of aromatic amines is 1. The van der Waals surface area contributed by atoms with E-state index in [0.717, 1.165) is 17.7 Å². The number of benzene rings is 2. The van der Waals surface area contributed by atoms with E-state index in [1.165, 1.54) is 23.9 Å². The minimum atomic E-state index is -3.35. The highest BCUT2D eigenvalue weighted by Gasteiger charge is 2.31. The van der Waals surface area contributed by atoms with Gasteiger partial charge in [-0.05, 0) is 55.5 Å². The highest BCUT2D eigenvalue weighted by Crippen LogP contribution is 2.42. The van der Waals surface area contributed by atoms with E-state index in [9.17, 15) is 13.5 Å². The summed E-state index contributed by atoms with van der Waals surface area (Å²) < 4.78 is 33.1. The van der Waals surface area contributed by atoms with Crippen molar-refractivity contribution in [3.05, 3.63) is 53.7 Å². The Kier molecular flexibility index (Phi) is 6.27. The summed E-state index contributed by atoms with van der Waals surface area (Å²) in [6.45, 7) is 1.36. The maximum atomic E-state index is 12.3. The molecule has 2 aliphatic carbocycles. The van der Waals surface area contributed by atoms with Crippen LogP contribution >= 0.6 is 0 Å². The molecule has 2 fully saturated rings. The number of fused-ring (bicyclic) bond motifs is 1. The van der Waals surface area contributed by atoms with Gasteiger partial charge in [0.05, 0.1) is 16.9 Å². The van der Waals surface area contributed by atoms with Crippen LogP contribution in [0.25, 0.3) is 10.9 Å². The maximum absolute atomic E-state index is 12.3. The van der Waals surface area contributed by atoms with Crippen LogP contribution in [0.4, 0.5) is 5.69 Å². The number of aliphatic hydroxyl groups excluding tert-OH is 1. The van der Waals surface area contributed by atoms with Crippen molar-refractivity contribution < 1.29 is 18.3 Å². The third kappa shape index (κ3) is 5.15. The molecule has 176 valence electrons. The lowest BCUT2D eigenvalue weighted by Gasteiger charge is -2.25. The predicted molar refractivity (Wildman–Crippen MR) is 128 cm³/mol. The monoisotopic (exact) mass is 470 g/mol. The number of aromatic nitrogens is 2. The van der Waals surface area contributed by atoms with E-state index in [0.29, 0.717) is 49.7 Å². The van der Waals surface area contributed by atoms with E-state index < -0.39 is 16.1 Å². The summed E-state index contributed by atoms with van der Waals surface area (Å²) in [6, 6.07) is 12.9. The summed E-state index contributed by atoms with van der Waals surface area (Å²) in [5.41, 5.74) is 3.30. The molecule has 0 radical (unpaired) electrons. The Morgan fingerprint density at radius 3 is 2.76 bits per heavy atom. The molecule has 0 bridgehead atoms. The molecule has 2 saturated carbocycles. The van der Waals surface area contributed by atoms with Gasteiger partial charge in [-0.2, -0.15) is 5.10 Å². The quantitative estimate of drug-likeness (QED) is 0.319. The second-order valence-electron chi connectivity index (χ2n) is 8.98. The molecule has 2 aliphatic rings. The molecule has 1 aromatic heterocycles. The van der Waals surface area contributed by atoms with Crippen LogP contribution in [-0.4, -0.2) is 48.7 Å². The van der Waals surface area contributed by atoms with Crippen molar-refractivity contribution in [1.82, 2.24) is 15.5 Å². The molecule has 0 saturated heterocycles. The molecule has 0 unspecified atom stereocenters. The number of ether oxygens (including phenoxy) is 1. The third-order valence-corrected chi connectivity index (χ3v) is 8.32. The minimum Gasteiger partial charge on any atom is -0.492 e. The summed E-state index contributed by atoms with van der Waals surface area (Å²) in [5, 5.41) is 22.1. The molecule has 0 amide bonds. The smallest absolute Gasteiger partial charge is 0.235 e. The van der Waals surface area contributed by atoms with Crippen molar-refractivity contribution >= 4 is 26.6 Å². The third-order valence-electron chi connectivity index (χ3n) is 6.45. The van der Waals surface area contributed by atoms with Crippen LogP contribution in [-0.2, 0) is 10.0 Å². The fourth-order valence-corrected chi connectivity index (χ4v) is 5.70. The topological polar surface area (TPSA) is 116 Å². The van der Waals surface area contributed by atoms with Gasteiger partial charge in [0.1, 0.15) is 12.4 Å². The molecule has 1 heterocycles. The zero-order valence-electron chi connectivity index (χ0n) is 18.5. The number of sulfonamides is 1. The second kappa shape index (κ2) is 9.32. The van der Waals surface area contributed by atoms with Crippen LogP contribution in [0.2, 0.25) is 0 Å². The molecule has 9 heteroatoms. The second-order valence-corrected chi connectivity index (χ2v) is 10.9. The van der Waals surface area contributed by atoms with Gasteiger partial charge in [-0.25, -0.2) is 8.42 Å². The van der Waals surface area contributed by atoms with Gasteiger partial charge in [0.2, 0.25) is 10.0 Å².